The molecule has 2 heterocycles. The van der Waals surface area contributed by atoms with E-state index < -0.39 is 5.97 Å². The van der Waals surface area contributed by atoms with Crippen LogP contribution in [0.15, 0.2) is 18.2 Å². The van der Waals surface area contributed by atoms with Crippen molar-refractivity contribution in [2.75, 3.05) is 6.54 Å². The molecule has 4 heteroatoms. The molecule has 1 aromatic carbocycles. The number of H-pyrrole nitrogens is 1. The van der Waals surface area contributed by atoms with Crippen LogP contribution < -0.4 is 5.32 Å². The van der Waals surface area contributed by atoms with Gasteiger partial charge in [0.2, 0.25) is 0 Å². The highest BCUT2D eigenvalue weighted by Gasteiger charge is 2.35. The summed E-state index contributed by atoms with van der Waals surface area (Å²) in [5.41, 5.74) is 3.63. The summed E-state index contributed by atoms with van der Waals surface area (Å²) < 4.78 is 0. The Bertz CT molecular complexity index is 674. The van der Waals surface area contributed by atoms with E-state index in [9.17, 15) is 9.90 Å². The van der Waals surface area contributed by atoms with Gasteiger partial charge in [0.1, 0.15) is 5.69 Å². The van der Waals surface area contributed by atoms with Crippen molar-refractivity contribution in [3.8, 4) is 0 Å². The second-order valence-corrected chi connectivity index (χ2v) is 5.57. The fraction of sp³-hybridized carbons (Fsp3) is 0.400. The largest absolute Gasteiger partial charge is 0.477 e. The third-order valence-electron chi connectivity index (χ3n) is 4.58. The molecule has 1 aliphatic carbocycles. The SMILES string of the molecule is O=C(O)c1[nH]c2cccc3c2c1C[C@H]1NCCCC31. The Balaban J connectivity index is 2.00. The number of fused-ring (bicyclic) bond motifs is 2. The molecule has 1 saturated heterocycles. The van der Waals surface area contributed by atoms with Gasteiger partial charge in [0.05, 0.1) is 0 Å². The molecule has 1 aliphatic heterocycles. The van der Waals surface area contributed by atoms with E-state index in [1.807, 2.05) is 12.1 Å². The van der Waals surface area contributed by atoms with E-state index in [0.29, 0.717) is 17.7 Å². The number of carboxylic acids is 1. The minimum atomic E-state index is -0.855. The molecule has 3 N–H and O–H groups in total. The standard InChI is InChI=1S/C15H16N2O2/c18-15(19)14-10-7-12-8(4-2-6-16-12)9-3-1-5-11(17-14)13(9)10/h1,3,5,8,12,16-17H,2,4,6-7H2,(H,18,19)/t8?,12-/m1/s1. The zero-order valence-corrected chi connectivity index (χ0v) is 10.6. The van der Waals surface area contributed by atoms with Crippen LogP contribution in [0.2, 0.25) is 0 Å². The van der Waals surface area contributed by atoms with Crippen LogP contribution in [-0.2, 0) is 6.42 Å². The number of aromatic nitrogens is 1. The molecule has 0 spiro atoms. The third-order valence-corrected chi connectivity index (χ3v) is 4.58. The molecule has 1 aromatic heterocycles. The molecule has 98 valence electrons. The second-order valence-electron chi connectivity index (χ2n) is 5.57. The summed E-state index contributed by atoms with van der Waals surface area (Å²) in [6, 6.07) is 6.56. The summed E-state index contributed by atoms with van der Waals surface area (Å²) in [5.74, 6) is -0.325. The number of carboxylic acid groups (broad SMARTS) is 1. The van der Waals surface area contributed by atoms with E-state index in [0.717, 1.165) is 29.4 Å². The highest BCUT2D eigenvalue weighted by molar-refractivity contribution is 5.99. The van der Waals surface area contributed by atoms with Gasteiger partial charge in [0, 0.05) is 22.9 Å². The maximum absolute atomic E-state index is 11.4. The molecule has 0 bridgehead atoms. The minimum Gasteiger partial charge on any atom is -0.477 e. The fourth-order valence-electron chi connectivity index (χ4n) is 3.80. The van der Waals surface area contributed by atoms with Gasteiger partial charge in [-0.15, -0.1) is 0 Å². The van der Waals surface area contributed by atoms with Gasteiger partial charge in [0.25, 0.3) is 0 Å². The maximum atomic E-state index is 11.4. The predicted molar refractivity (Wildman–Crippen MR) is 72.7 cm³/mol. The van der Waals surface area contributed by atoms with Gasteiger partial charge < -0.3 is 15.4 Å². The first-order valence-electron chi connectivity index (χ1n) is 6.86. The molecule has 2 aliphatic rings. The van der Waals surface area contributed by atoms with Crippen LogP contribution >= 0.6 is 0 Å². The van der Waals surface area contributed by atoms with Crippen molar-refractivity contribution in [1.82, 2.24) is 10.3 Å². The second kappa shape index (κ2) is 3.84. The first-order valence-corrected chi connectivity index (χ1v) is 6.86. The molecule has 2 atom stereocenters. The molecule has 2 aromatic rings. The van der Waals surface area contributed by atoms with Crippen LogP contribution in [0, 0.1) is 0 Å². The quantitative estimate of drug-likeness (QED) is 0.733. The van der Waals surface area contributed by atoms with E-state index in [2.05, 4.69) is 16.4 Å². The van der Waals surface area contributed by atoms with Crippen molar-refractivity contribution < 1.29 is 9.90 Å². The van der Waals surface area contributed by atoms with Crippen LogP contribution in [0.3, 0.4) is 0 Å². The zero-order valence-electron chi connectivity index (χ0n) is 10.6. The molecule has 0 amide bonds. The van der Waals surface area contributed by atoms with Crippen molar-refractivity contribution in [2.45, 2.75) is 31.2 Å². The van der Waals surface area contributed by atoms with Gasteiger partial charge in [-0.2, -0.15) is 0 Å². The number of aromatic amines is 1. The van der Waals surface area contributed by atoms with E-state index in [1.165, 1.54) is 18.4 Å². The Labute approximate surface area is 110 Å². The van der Waals surface area contributed by atoms with Gasteiger partial charge in [-0.05, 0) is 43.0 Å². The van der Waals surface area contributed by atoms with Crippen LogP contribution in [0.5, 0.6) is 0 Å². The van der Waals surface area contributed by atoms with E-state index in [1.54, 1.807) is 0 Å². The highest BCUT2D eigenvalue weighted by Crippen LogP contribution is 2.41. The Morgan fingerprint density at radius 3 is 3.11 bits per heavy atom. The lowest BCUT2D eigenvalue weighted by molar-refractivity contribution is 0.0690. The number of hydrogen-bond donors (Lipinski definition) is 3. The number of piperidine rings is 1. The van der Waals surface area contributed by atoms with Crippen molar-refractivity contribution >= 4 is 16.9 Å². The summed E-state index contributed by atoms with van der Waals surface area (Å²) in [6.45, 7) is 1.04. The van der Waals surface area contributed by atoms with E-state index in [-0.39, 0.29) is 0 Å². The van der Waals surface area contributed by atoms with Crippen molar-refractivity contribution in [3.05, 3.63) is 35.0 Å². The highest BCUT2D eigenvalue weighted by atomic mass is 16.4. The Morgan fingerprint density at radius 2 is 2.26 bits per heavy atom. The zero-order chi connectivity index (χ0) is 13.0. The average Bonchev–Trinajstić information content (AvgIpc) is 2.80. The minimum absolute atomic E-state index is 0.369. The van der Waals surface area contributed by atoms with Crippen LogP contribution in [0.25, 0.3) is 10.9 Å². The van der Waals surface area contributed by atoms with Crippen molar-refractivity contribution in [1.29, 1.82) is 0 Å². The molecule has 19 heavy (non-hydrogen) atoms. The molecular formula is C15H16N2O2. The number of nitrogens with one attached hydrogen (secondary N) is 2. The van der Waals surface area contributed by atoms with Crippen LogP contribution in [0.1, 0.15) is 40.4 Å². The lowest BCUT2D eigenvalue weighted by Crippen LogP contribution is -2.43. The number of rotatable bonds is 1. The maximum Gasteiger partial charge on any atom is 0.352 e. The molecule has 0 saturated carbocycles. The molecule has 0 radical (unpaired) electrons. The van der Waals surface area contributed by atoms with Gasteiger partial charge in [0.15, 0.2) is 0 Å². The van der Waals surface area contributed by atoms with Gasteiger partial charge in [-0.3, -0.25) is 0 Å². The number of benzene rings is 1. The lowest BCUT2D eigenvalue weighted by atomic mass is 9.75. The number of aromatic carboxylic acids is 1. The summed E-state index contributed by atoms with van der Waals surface area (Å²) >= 11 is 0. The van der Waals surface area contributed by atoms with Gasteiger partial charge in [-0.25, -0.2) is 4.79 Å². The first-order chi connectivity index (χ1) is 9.25. The Kier molecular flexibility index (Phi) is 2.23. The van der Waals surface area contributed by atoms with Crippen molar-refractivity contribution in [3.63, 3.8) is 0 Å². The number of hydrogen-bond acceptors (Lipinski definition) is 2. The topological polar surface area (TPSA) is 65.1 Å². The summed E-state index contributed by atoms with van der Waals surface area (Å²) in [6.07, 6.45) is 3.22. The molecule has 4 nitrogen and oxygen atoms in total. The van der Waals surface area contributed by atoms with E-state index >= 15 is 0 Å². The smallest absolute Gasteiger partial charge is 0.352 e. The Hall–Kier alpha value is -1.81. The van der Waals surface area contributed by atoms with Crippen LogP contribution in [-0.4, -0.2) is 28.6 Å². The number of carbonyl (C=O) groups is 1. The van der Waals surface area contributed by atoms with Crippen LogP contribution in [0.4, 0.5) is 0 Å². The molecule has 1 fully saturated rings. The normalized spacial score (nSPS) is 25.3. The molecule has 1 unspecified atom stereocenters. The molecular weight excluding hydrogens is 240 g/mol. The summed E-state index contributed by atoms with van der Waals surface area (Å²) in [7, 11) is 0. The van der Waals surface area contributed by atoms with E-state index in [4.69, 9.17) is 0 Å². The predicted octanol–water partition coefficient (Wildman–Crippen LogP) is 2.26. The third kappa shape index (κ3) is 1.46. The monoisotopic (exact) mass is 256 g/mol. The molecule has 4 rings (SSSR count). The van der Waals surface area contributed by atoms with Gasteiger partial charge >= 0.3 is 5.97 Å². The fourth-order valence-corrected chi connectivity index (χ4v) is 3.80. The first kappa shape index (κ1) is 11.1. The van der Waals surface area contributed by atoms with Crippen molar-refractivity contribution in [2.24, 2.45) is 0 Å². The summed E-state index contributed by atoms with van der Waals surface area (Å²) in [4.78, 5) is 14.5. The lowest BCUT2D eigenvalue weighted by Gasteiger charge is -2.36. The Morgan fingerprint density at radius 1 is 1.37 bits per heavy atom. The van der Waals surface area contributed by atoms with Gasteiger partial charge in [-0.1, -0.05) is 12.1 Å². The summed E-state index contributed by atoms with van der Waals surface area (Å²) in [5, 5.41) is 14.1. The average molecular weight is 256 g/mol.